The molecule has 0 bridgehead atoms. The molecule has 0 atom stereocenters. The van der Waals surface area contributed by atoms with Crippen LogP contribution in [-0.4, -0.2) is 0 Å². The van der Waals surface area contributed by atoms with Crippen molar-refractivity contribution >= 4 is 33.2 Å². The Morgan fingerprint density at radius 1 is 1.05 bits per heavy atom. The summed E-state index contributed by atoms with van der Waals surface area (Å²) < 4.78 is 51.6. The molecule has 2 aromatic carbocycles. The maximum atomic E-state index is 13.2. The third-order valence-corrected chi connectivity index (χ3v) is 3.32. The molecule has 0 aliphatic heterocycles. The van der Waals surface area contributed by atoms with Crippen LogP contribution in [0.5, 0.6) is 0 Å². The molecule has 0 spiro atoms. The van der Waals surface area contributed by atoms with Crippen LogP contribution >= 0.6 is 27.5 Å². The van der Waals surface area contributed by atoms with Gasteiger partial charge >= 0.3 is 6.18 Å². The molecule has 0 aliphatic rings. The smallest absolute Gasteiger partial charge is 0.381 e. The normalized spacial score (nSPS) is 11.5. The van der Waals surface area contributed by atoms with Gasteiger partial charge in [-0.05, 0) is 42.0 Å². The molecule has 21 heavy (non-hydrogen) atoms. The number of hydrogen-bond donors (Lipinski definition) is 1. The van der Waals surface area contributed by atoms with Gasteiger partial charge in [0.25, 0.3) is 0 Å². The largest absolute Gasteiger partial charge is 0.416 e. The molecule has 0 radical (unpaired) electrons. The van der Waals surface area contributed by atoms with E-state index >= 15 is 0 Å². The van der Waals surface area contributed by atoms with E-state index in [-0.39, 0.29) is 17.3 Å². The fraction of sp³-hybridized carbons (Fsp3) is 0.143. The molecule has 1 nitrogen and oxygen atoms in total. The number of halogens is 6. The molecule has 1 N–H and O–H groups in total. The van der Waals surface area contributed by atoms with Crippen molar-refractivity contribution in [3.63, 3.8) is 0 Å². The van der Waals surface area contributed by atoms with E-state index in [1.54, 1.807) is 6.07 Å². The van der Waals surface area contributed by atoms with Crippen LogP contribution < -0.4 is 5.32 Å². The highest BCUT2D eigenvalue weighted by Crippen LogP contribution is 2.33. The highest BCUT2D eigenvalue weighted by molar-refractivity contribution is 9.10. The monoisotopic (exact) mass is 381 g/mol. The summed E-state index contributed by atoms with van der Waals surface area (Å²) in [4.78, 5) is 0. The van der Waals surface area contributed by atoms with Crippen molar-refractivity contribution in [2.45, 2.75) is 12.7 Å². The first kappa shape index (κ1) is 16.1. The van der Waals surface area contributed by atoms with Gasteiger partial charge < -0.3 is 5.32 Å². The first-order valence-corrected chi connectivity index (χ1v) is 6.98. The summed E-state index contributed by atoms with van der Waals surface area (Å²) >= 11 is 8.75. The van der Waals surface area contributed by atoms with Gasteiger partial charge in [0.1, 0.15) is 5.82 Å². The summed E-state index contributed by atoms with van der Waals surface area (Å²) in [6, 6.07) is 7.46. The van der Waals surface area contributed by atoms with Gasteiger partial charge in [-0.15, -0.1) is 0 Å². The van der Waals surface area contributed by atoms with Crippen molar-refractivity contribution in [1.29, 1.82) is 0 Å². The van der Waals surface area contributed by atoms with E-state index in [9.17, 15) is 17.6 Å². The Balaban J connectivity index is 2.18. The second kappa shape index (κ2) is 6.23. The third kappa shape index (κ3) is 4.61. The molecular formula is C14H9BrClF4N. The lowest BCUT2D eigenvalue weighted by molar-refractivity contribution is -0.137. The number of anilines is 1. The van der Waals surface area contributed by atoms with E-state index in [1.165, 1.54) is 12.1 Å². The van der Waals surface area contributed by atoms with Crippen LogP contribution in [0.4, 0.5) is 23.2 Å². The van der Waals surface area contributed by atoms with Gasteiger partial charge in [0.05, 0.1) is 5.56 Å². The topological polar surface area (TPSA) is 12.0 Å². The standard InChI is InChI=1S/C14H9BrClF4N/c15-10-3-9(14(18,19)20)4-13(5-10)21-7-8-1-11(16)6-12(17)2-8/h1-6,21H,7H2. The van der Waals surface area contributed by atoms with E-state index in [0.29, 0.717) is 10.0 Å². The van der Waals surface area contributed by atoms with E-state index in [1.807, 2.05) is 0 Å². The van der Waals surface area contributed by atoms with Crippen molar-refractivity contribution in [3.8, 4) is 0 Å². The van der Waals surface area contributed by atoms with Crippen molar-refractivity contribution < 1.29 is 17.6 Å². The summed E-state index contributed by atoms with van der Waals surface area (Å²) in [5, 5.41) is 3.05. The van der Waals surface area contributed by atoms with Crippen LogP contribution in [-0.2, 0) is 12.7 Å². The van der Waals surface area contributed by atoms with E-state index in [4.69, 9.17) is 11.6 Å². The van der Waals surface area contributed by atoms with Crippen LogP contribution in [0, 0.1) is 5.82 Å². The molecular weight excluding hydrogens is 374 g/mol. The molecule has 0 saturated heterocycles. The minimum absolute atomic E-state index is 0.158. The number of rotatable bonds is 3. The Bertz CT molecular complexity index is 638. The molecule has 0 amide bonds. The van der Waals surface area contributed by atoms with E-state index < -0.39 is 17.6 Å². The molecule has 0 saturated carbocycles. The van der Waals surface area contributed by atoms with Crippen molar-refractivity contribution in [2.75, 3.05) is 5.32 Å². The molecule has 0 heterocycles. The van der Waals surface area contributed by atoms with Gasteiger partial charge in [-0.3, -0.25) is 0 Å². The van der Waals surface area contributed by atoms with Crippen molar-refractivity contribution in [3.05, 3.63) is 62.8 Å². The molecule has 2 rings (SSSR count). The highest BCUT2D eigenvalue weighted by atomic mass is 79.9. The van der Waals surface area contributed by atoms with Crippen LogP contribution in [0.1, 0.15) is 11.1 Å². The average molecular weight is 383 g/mol. The summed E-state index contributed by atoms with van der Waals surface area (Å²) in [6.45, 7) is 0.158. The molecule has 7 heteroatoms. The first-order valence-electron chi connectivity index (χ1n) is 5.81. The summed E-state index contributed by atoms with van der Waals surface area (Å²) in [7, 11) is 0. The van der Waals surface area contributed by atoms with Gasteiger partial charge in [-0.2, -0.15) is 13.2 Å². The quantitative estimate of drug-likeness (QED) is 0.654. The molecule has 0 aromatic heterocycles. The van der Waals surface area contributed by atoms with Gasteiger partial charge in [-0.25, -0.2) is 4.39 Å². The van der Waals surface area contributed by atoms with E-state index in [0.717, 1.165) is 18.2 Å². The number of nitrogens with one attached hydrogen (secondary N) is 1. The fourth-order valence-corrected chi connectivity index (χ4v) is 2.51. The number of benzene rings is 2. The van der Waals surface area contributed by atoms with Crippen molar-refractivity contribution in [2.24, 2.45) is 0 Å². The Labute approximate surface area is 132 Å². The molecule has 2 aromatic rings. The van der Waals surface area contributed by atoms with Crippen LogP contribution in [0.2, 0.25) is 5.02 Å². The Morgan fingerprint density at radius 2 is 1.76 bits per heavy atom. The predicted molar refractivity (Wildman–Crippen MR) is 77.9 cm³/mol. The lowest BCUT2D eigenvalue weighted by Crippen LogP contribution is -2.07. The predicted octanol–water partition coefficient (Wildman–Crippen LogP) is 5.87. The number of hydrogen-bond acceptors (Lipinski definition) is 1. The zero-order valence-electron chi connectivity index (χ0n) is 10.4. The lowest BCUT2D eigenvalue weighted by Gasteiger charge is -2.12. The van der Waals surface area contributed by atoms with Crippen LogP contribution in [0.25, 0.3) is 0 Å². The minimum atomic E-state index is -4.43. The SMILES string of the molecule is Fc1cc(Cl)cc(CNc2cc(Br)cc(C(F)(F)F)c2)c1. The van der Waals surface area contributed by atoms with Crippen LogP contribution in [0.15, 0.2) is 40.9 Å². The third-order valence-electron chi connectivity index (χ3n) is 2.64. The van der Waals surface area contributed by atoms with Crippen molar-refractivity contribution in [1.82, 2.24) is 0 Å². The Kier molecular flexibility index (Phi) is 4.78. The molecule has 112 valence electrons. The first-order chi connectivity index (χ1) is 9.74. The van der Waals surface area contributed by atoms with Gasteiger partial charge in [-0.1, -0.05) is 27.5 Å². The maximum absolute atomic E-state index is 13.2. The van der Waals surface area contributed by atoms with E-state index in [2.05, 4.69) is 21.2 Å². The molecule has 0 fully saturated rings. The Hall–Kier alpha value is -1.27. The highest BCUT2D eigenvalue weighted by Gasteiger charge is 2.31. The van der Waals surface area contributed by atoms with Gasteiger partial charge in [0.15, 0.2) is 0 Å². The minimum Gasteiger partial charge on any atom is -0.381 e. The van der Waals surface area contributed by atoms with Gasteiger partial charge in [0.2, 0.25) is 0 Å². The maximum Gasteiger partial charge on any atom is 0.416 e. The second-order valence-corrected chi connectivity index (χ2v) is 5.71. The lowest BCUT2D eigenvalue weighted by atomic mass is 10.1. The summed E-state index contributed by atoms with van der Waals surface area (Å²) in [6.07, 6.45) is -4.43. The fourth-order valence-electron chi connectivity index (χ4n) is 1.77. The molecule has 0 unspecified atom stereocenters. The number of alkyl halides is 3. The van der Waals surface area contributed by atoms with Gasteiger partial charge in [0, 0.05) is 21.7 Å². The second-order valence-electron chi connectivity index (χ2n) is 4.36. The summed E-state index contributed by atoms with van der Waals surface area (Å²) in [5.41, 5.74) is 0.0438. The average Bonchev–Trinajstić information content (AvgIpc) is 2.33. The molecule has 0 aliphatic carbocycles. The summed E-state index contributed by atoms with van der Waals surface area (Å²) in [5.74, 6) is -0.496. The zero-order valence-corrected chi connectivity index (χ0v) is 12.8. The van der Waals surface area contributed by atoms with Crippen LogP contribution in [0.3, 0.4) is 0 Å². The Morgan fingerprint density at radius 3 is 2.38 bits per heavy atom. The zero-order chi connectivity index (χ0) is 15.6.